The summed E-state index contributed by atoms with van der Waals surface area (Å²) in [5.41, 5.74) is 1.47. The average Bonchev–Trinajstić information content (AvgIpc) is 2.37. The lowest BCUT2D eigenvalue weighted by molar-refractivity contribution is 0.616. The second kappa shape index (κ2) is 7.33. The molecule has 0 heterocycles. The molecule has 3 nitrogen and oxygen atoms in total. The summed E-state index contributed by atoms with van der Waals surface area (Å²) in [4.78, 5) is 4.32. The Hall–Kier alpha value is -2.02. The van der Waals surface area contributed by atoms with Crippen molar-refractivity contribution in [2.24, 2.45) is 4.99 Å². The van der Waals surface area contributed by atoms with Crippen LogP contribution in [0.4, 0.5) is 4.39 Å². The van der Waals surface area contributed by atoms with Crippen molar-refractivity contribution in [3.8, 4) is 12.3 Å². The van der Waals surface area contributed by atoms with E-state index in [0.717, 1.165) is 12.1 Å². The molecule has 1 aromatic rings. The molecule has 0 fully saturated rings. The predicted octanol–water partition coefficient (Wildman–Crippen LogP) is 1.82. The van der Waals surface area contributed by atoms with Gasteiger partial charge in [-0.05, 0) is 31.0 Å². The Morgan fingerprint density at radius 2 is 2.22 bits per heavy atom. The molecule has 0 atom stereocenters. The average molecular weight is 247 g/mol. The first-order valence-electron chi connectivity index (χ1n) is 5.88. The van der Waals surface area contributed by atoms with Gasteiger partial charge in [0.05, 0.1) is 13.1 Å². The number of hydrogen-bond acceptors (Lipinski definition) is 1. The van der Waals surface area contributed by atoms with Crippen LogP contribution in [0.1, 0.15) is 18.1 Å². The van der Waals surface area contributed by atoms with Crippen molar-refractivity contribution in [2.75, 3.05) is 13.1 Å². The number of nitrogens with one attached hydrogen (secondary N) is 2. The SMILES string of the molecule is C#CCNC(=NCc1ccc(C)c(F)c1)NCC. The molecule has 0 aliphatic heterocycles. The molecule has 2 N–H and O–H groups in total. The molecule has 0 unspecified atom stereocenters. The summed E-state index contributed by atoms with van der Waals surface area (Å²) < 4.78 is 13.3. The lowest BCUT2D eigenvalue weighted by Crippen LogP contribution is -2.37. The van der Waals surface area contributed by atoms with Gasteiger partial charge in [-0.3, -0.25) is 0 Å². The minimum absolute atomic E-state index is 0.204. The fourth-order valence-corrected chi connectivity index (χ4v) is 1.38. The van der Waals surface area contributed by atoms with Gasteiger partial charge in [0.25, 0.3) is 0 Å². The van der Waals surface area contributed by atoms with Gasteiger partial charge in [0, 0.05) is 6.54 Å². The van der Waals surface area contributed by atoms with Crippen LogP contribution in [0.15, 0.2) is 23.2 Å². The second-order valence-corrected chi connectivity index (χ2v) is 3.84. The topological polar surface area (TPSA) is 36.4 Å². The van der Waals surface area contributed by atoms with E-state index >= 15 is 0 Å². The van der Waals surface area contributed by atoms with Gasteiger partial charge in [0.15, 0.2) is 5.96 Å². The number of benzene rings is 1. The fourth-order valence-electron chi connectivity index (χ4n) is 1.38. The minimum atomic E-state index is -0.204. The normalized spacial score (nSPS) is 10.9. The molecule has 0 aliphatic carbocycles. The largest absolute Gasteiger partial charge is 0.357 e. The first-order chi connectivity index (χ1) is 8.67. The summed E-state index contributed by atoms with van der Waals surface area (Å²) in [6.45, 7) is 5.28. The van der Waals surface area contributed by atoms with Gasteiger partial charge in [-0.1, -0.05) is 18.1 Å². The standard InChI is InChI=1S/C14H18FN3/c1-4-8-17-14(16-5-2)18-10-12-7-6-11(3)13(15)9-12/h1,6-7,9H,5,8,10H2,2-3H3,(H2,16,17,18). The van der Waals surface area contributed by atoms with Gasteiger partial charge < -0.3 is 10.6 Å². The Morgan fingerprint density at radius 3 is 2.83 bits per heavy atom. The zero-order chi connectivity index (χ0) is 13.4. The molecule has 96 valence electrons. The Balaban J connectivity index is 2.68. The van der Waals surface area contributed by atoms with Crippen molar-refractivity contribution in [2.45, 2.75) is 20.4 Å². The van der Waals surface area contributed by atoms with Crippen molar-refractivity contribution in [1.29, 1.82) is 0 Å². The molecule has 0 amide bonds. The molecule has 0 aliphatic rings. The molecule has 0 saturated carbocycles. The molecule has 0 saturated heterocycles. The molecule has 0 radical (unpaired) electrons. The van der Waals surface area contributed by atoms with Crippen molar-refractivity contribution < 1.29 is 4.39 Å². The Kier molecular flexibility index (Phi) is 5.72. The number of aryl methyl sites for hydroxylation is 1. The van der Waals surface area contributed by atoms with Crippen molar-refractivity contribution in [1.82, 2.24) is 10.6 Å². The van der Waals surface area contributed by atoms with E-state index in [9.17, 15) is 4.39 Å². The van der Waals surface area contributed by atoms with E-state index in [1.54, 1.807) is 13.0 Å². The van der Waals surface area contributed by atoms with Crippen LogP contribution in [0.2, 0.25) is 0 Å². The third-order valence-electron chi connectivity index (χ3n) is 2.36. The summed E-state index contributed by atoms with van der Waals surface area (Å²) >= 11 is 0. The maximum absolute atomic E-state index is 13.3. The molecular weight excluding hydrogens is 229 g/mol. The highest BCUT2D eigenvalue weighted by atomic mass is 19.1. The molecule has 4 heteroatoms. The monoisotopic (exact) mass is 247 g/mol. The van der Waals surface area contributed by atoms with Crippen LogP contribution in [0, 0.1) is 25.1 Å². The first-order valence-corrected chi connectivity index (χ1v) is 5.88. The summed E-state index contributed by atoms with van der Waals surface area (Å²) in [6, 6.07) is 5.12. The Bertz CT molecular complexity index is 461. The highest BCUT2D eigenvalue weighted by Gasteiger charge is 2.00. The highest BCUT2D eigenvalue weighted by Crippen LogP contribution is 2.09. The van der Waals surface area contributed by atoms with E-state index in [1.807, 2.05) is 13.0 Å². The van der Waals surface area contributed by atoms with E-state index in [1.165, 1.54) is 6.07 Å². The van der Waals surface area contributed by atoms with Gasteiger partial charge in [0.1, 0.15) is 5.82 Å². The zero-order valence-electron chi connectivity index (χ0n) is 10.8. The smallest absolute Gasteiger partial charge is 0.192 e. The van der Waals surface area contributed by atoms with Gasteiger partial charge in [-0.15, -0.1) is 6.42 Å². The third kappa shape index (κ3) is 4.46. The van der Waals surface area contributed by atoms with Crippen LogP contribution in [0.5, 0.6) is 0 Å². The zero-order valence-corrected chi connectivity index (χ0v) is 10.8. The van der Waals surface area contributed by atoms with Gasteiger partial charge >= 0.3 is 0 Å². The summed E-state index contributed by atoms with van der Waals surface area (Å²) in [5, 5.41) is 6.04. The molecule has 1 rings (SSSR count). The quantitative estimate of drug-likeness (QED) is 0.484. The number of nitrogens with zero attached hydrogens (tertiary/aromatic N) is 1. The molecule has 0 bridgehead atoms. The molecule has 1 aromatic carbocycles. The number of aliphatic imine (C=N–C) groups is 1. The number of hydrogen-bond donors (Lipinski definition) is 2. The van der Waals surface area contributed by atoms with Crippen molar-refractivity contribution in [3.63, 3.8) is 0 Å². The van der Waals surface area contributed by atoms with Gasteiger partial charge in [-0.25, -0.2) is 9.38 Å². The molecule has 0 spiro atoms. The maximum Gasteiger partial charge on any atom is 0.192 e. The lowest BCUT2D eigenvalue weighted by atomic mass is 10.1. The van der Waals surface area contributed by atoms with Crippen LogP contribution in [-0.4, -0.2) is 19.0 Å². The number of guanidine groups is 1. The molecule has 0 aromatic heterocycles. The second-order valence-electron chi connectivity index (χ2n) is 3.84. The first kappa shape index (κ1) is 14.0. The number of rotatable bonds is 4. The van der Waals surface area contributed by atoms with E-state index in [-0.39, 0.29) is 5.82 Å². The molecule has 18 heavy (non-hydrogen) atoms. The third-order valence-corrected chi connectivity index (χ3v) is 2.36. The van der Waals surface area contributed by atoms with Crippen LogP contribution in [0.3, 0.4) is 0 Å². The number of halogens is 1. The van der Waals surface area contributed by atoms with Gasteiger partial charge in [0.2, 0.25) is 0 Å². The highest BCUT2D eigenvalue weighted by molar-refractivity contribution is 5.79. The Morgan fingerprint density at radius 1 is 1.44 bits per heavy atom. The van der Waals surface area contributed by atoms with Crippen LogP contribution < -0.4 is 10.6 Å². The molecular formula is C14H18FN3. The van der Waals surface area contributed by atoms with Crippen LogP contribution >= 0.6 is 0 Å². The summed E-state index contributed by atoms with van der Waals surface area (Å²) in [7, 11) is 0. The minimum Gasteiger partial charge on any atom is -0.357 e. The summed E-state index contributed by atoms with van der Waals surface area (Å²) in [5.74, 6) is 2.91. The van der Waals surface area contributed by atoms with Crippen molar-refractivity contribution in [3.05, 3.63) is 35.1 Å². The van der Waals surface area contributed by atoms with Crippen molar-refractivity contribution >= 4 is 5.96 Å². The maximum atomic E-state index is 13.3. The predicted molar refractivity (Wildman–Crippen MR) is 72.8 cm³/mol. The van der Waals surface area contributed by atoms with Gasteiger partial charge in [-0.2, -0.15) is 0 Å². The Labute approximate surface area is 108 Å². The van der Waals surface area contributed by atoms with E-state index in [0.29, 0.717) is 24.6 Å². The van der Waals surface area contributed by atoms with E-state index in [4.69, 9.17) is 6.42 Å². The lowest BCUT2D eigenvalue weighted by Gasteiger charge is -2.08. The van der Waals surface area contributed by atoms with E-state index < -0.39 is 0 Å². The van der Waals surface area contributed by atoms with E-state index in [2.05, 4.69) is 21.5 Å². The fraction of sp³-hybridized carbons (Fsp3) is 0.357. The number of terminal acetylenes is 1. The van der Waals surface area contributed by atoms with Crippen LogP contribution in [0.25, 0.3) is 0 Å². The summed E-state index contributed by atoms with van der Waals surface area (Å²) in [6.07, 6.45) is 5.17. The van der Waals surface area contributed by atoms with Crippen LogP contribution in [-0.2, 0) is 6.54 Å².